The molecule has 0 spiro atoms. The lowest BCUT2D eigenvalue weighted by molar-refractivity contribution is -0.142. The smallest absolute Gasteiger partial charge is 0.250 e. The van der Waals surface area contributed by atoms with Gasteiger partial charge in [-0.15, -0.1) is 0 Å². The lowest BCUT2D eigenvalue weighted by atomic mass is 9.91. The van der Waals surface area contributed by atoms with Crippen LogP contribution in [0.1, 0.15) is 25.7 Å². The largest absolute Gasteiger partial charge is 0.341 e. The molecule has 1 atom stereocenters. The number of aldehydes is 1. The van der Waals surface area contributed by atoms with Gasteiger partial charge in [0, 0.05) is 19.6 Å². The highest BCUT2D eigenvalue weighted by molar-refractivity contribution is 6.02. The van der Waals surface area contributed by atoms with E-state index in [4.69, 9.17) is 0 Å². The zero-order valence-corrected chi connectivity index (χ0v) is 9.45. The summed E-state index contributed by atoms with van der Waals surface area (Å²) >= 11 is 0. The van der Waals surface area contributed by atoms with Crippen LogP contribution in [-0.4, -0.2) is 42.3 Å². The maximum Gasteiger partial charge on any atom is 0.250 e. The van der Waals surface area contributed by atoms with Crippen LogP contribution in [0.3, 0.4) is 0 Å². The maximum atomic E-state index is 12.3. The number of piperidine rings is 1. The second-order valence-corrected chi connectivity index (χ2v) is 4.50. The third-order valence-corrected chi connectivity index (χ3v) is 3.37. The Balaban J connectivity index is 2.10. The number of carbonyl (C=O) groups excluding carboxylic acids is 2. The Hall–Kier alpha value is -1.16. The van der Waals surface area contributed by atoms with Crippen LogP contribution in [-0.2, 0) is 9.59 Å². The van der Waals surface area contributed by atoms with Crippen LogP contribution >= 0.6 is 0 Å². The summed E-state index contributed by atoms with van der Waals surface area (Å²) in [7, 11) is 0. The first-order valence-electron chi connectivity index (χ1n) is 5.94. The van der Waals surface area contributed by atoms with Crippen LogP contribution in [0.15, 0.2) is 12.2 Å². The number of nitrogens with zero attached hydrogens (tertiary/aromatic N) is 1. The topological polar surface area (TPSA) is 49.4 Å². The first-order valence-corrected chi connectivity index (χ1v) is 5.94. The fraction of sp³-hybridized carbons (Fsp3) is 0.667. The van der Waals surface area contributed by atoms with Crippen molar-refractivity contribution in [2.24, 2.45) is 0 Å². The van der Waals surface area contributed by atoms with Crippen molar-refractivity contribution in [1.29, 1.82) is 0 Å². The molecule has 0 bridgehead atoms. The molecular weight excluding hydrogens is 204 g/mol. The lowest BCUT2D eigenvalue weighted by Gasteiger charge is -2.36. The standard InChI is InChI=1S/C12H18N2O2/c15-10-12(6-2-3-7-13-12)11(16)14-8-4-1-5-9-14/h2-3,10,13H,1,4-9H2. The van der Waals surface area contributed by atoms with Gasteiger partial charge < -0.3 is 9.69 Å². The highest BCUT2D eigenvalue weighted by atomic mass is 16.2. The molecule has 0 aromatic carbocycles. The Morgan fingerprint density at radius 1 is 1.25 bits per heavy atom. The molecule has 0 aromatic heterocycles. The van der Waals surface area contributed by atoms with E-state index in [1.54, 1.807) is 0 Å². The van der Waals surface area contributed by atoms with E-state index in [9.17, 15) is 9.59 Å². The third-order valence-electron chi connectivity index (χ3n) is 3.37. The van der Waals surface area contributed by atoms with Gasteiger partial charge in [-0.25, -0.2) is 0 Å². The van der Waals surface area contributed by atoms with Crippen LogP contribution < -0.4 is 5.32 Å². The SMILES string of the molecule is O=CC1(C(=O)N2CCCCC2)CC=CCN1. The summed E-state index contributed by atoms with van der Waals surface area (Å²) in [4.78, 5) is 25.4. The predicted molar refractivity (Wildman–Crippen MR) is 61.0 cm³/mol. The van der Waals surface area contributed by atoms with Crippen LogP contribution in [0.5, 0.6) is 0 Å². The van der Waals surface area contributed by atoms with E-state index in [2.05, 4.69) is 5.32 Å². The highest BCUT2D eigenvalue weighted by Crippen LogP contribution is 2.19. The molecule has 1 N–H and O–H groups in total. The Labute approximate surface area is 95.7 Å². The summed E-state index contributed by atoms with van der Waals surface area (Å²) in [5.74, 6) is -0.0495. The van der Waals surface area contributed by atoms with E-state index in [0.717, 1.165) is 32.2 Å². The fourth-order valence-corrected chi connectivity index (χ4v) is 2.35. The average molecular weight is 222 g/mol. The molecule has 2 rings (SSSR count). The molecule has 2 aliphatic rings. The van der Waals surface area contributed by atoms with Gasteiger partial charge in [0.05, 0.1) is 0 Å². The van der Waals surface area contributed by atoms with Gasteiger partial charge in [-0.3, -0.25) is 10.1 Å². The molecule has 0 saturated carbocycles. The van der Waals surface area contributed by atoms with Gasteiger partial charge in [-0.2, -0.15) is 0 Å². The molecule has 16 heavy (non-hydrogen) atoms. The summed E-state index contributed by atoms with van der Waals surface area (Å²) in [6.45, 7) is 2.18. The molecule has 4 nitrogen and oxygen atoms in total. The summed E-state index contributed by atoms with van der Waals surface area (Å²) < 4.78 is 0. The highest BCUT2D eigenvalue weighted by Gasteiger charge is 2.40. The molecule has 2 heterocycles. The van der Waals surface area contributed by atoms with Gasteiger partial charge in [-0.05, 0) is 25.7 Å². The number of nitrogens with one attached hydrogen (secondary N) is 1. The summed E-state index contributed by atoms with van der Waals surface area (Å²) in [6, 6.07) is 0. The zero-order chi connectivity index (χ0) is 11.4. The molecule has 1 unspecified atom stereocenters. The summed E-state index contributed by atoms with van der Waals surface area (Å²) in [5.41, 5.74) is -0.994. The molecule has 1 amide bonds. The molecule has 1 fully saturated rings. The second kappa shape index (κ2) is 4.78. The van der Waals surface area contributed by atoms with Crippen molar-refractivity contribution in [3.8, 4) is 0 Å². The Morgan fingerprint density at radius 2 is 2.00 bits per heavy atom. The Bertz CT molecular complexity index is 308. The van der Waals surface area contributed by atoms with Crippen molar-refractivity contribution in [1.82, 2.24) is 10.2 Å². The van der Waals surface area contributed by atoms with Gasteiger partial charge in [-0.1, -0.05) is 12.2 Å². The molecule has 0 aliphatic carbocycles. The van der Waals surface area contributed by atoms with Crippen LogP contribution in [0.2, 0.25) is 0 Å². The normalized spacial score (nSPS) is 30.1. The molecule has 0 aromatic rings. The second-order valence-electron chi connectivity index (χ2n) is 4.50. The molecule has 1 saturated heterocycles. The van der Waals surface area contributed by atoms with Crippen molar-refractivity contribution < 1.29 is 9.59 Å². The van der Waals surface area contributed by atoms with E-state index in [1.165, 1.54) is 6.42 Å². The monoisotopic (exact) mass is 222 g/mol. The zero-order valence-electron chi connectivity index (χ0n) is 9.45. The quantitative estimate of drug-likeness (QED) is 0.420. The van der Waals surface area contributed by atoms with Gasteiger partial charge in [0.25, 0.3) is 5.91 Å². The molecule has 88 valence electrons. The van der Waals surface area contributed by atoms with Crippen molar-refractivity contribution in [2.75, 3.05) is 19.6 Å². The molecule has 2 aliphatic heterocycles. The van der Waals surface area contributed by atoms with E-state index >= 15 is 0 Å². The Kier molecular flexibility index (Phi) is 3.39. The fourth-order valence-electron chi connectivity index (χ4n) is 2.35. The first kappa shape index (κ1) is 11.3. The van der Waals surface area contributed by atoms with Gasteiger partial charge in [0.15, 0.2) is 5.54 Å². The first-order chi connectivity index (χ1) is 7.78. The van der Waals surface area contributed by atoms with Crippen LogP contribution in [0.4, 0.5) is 0 Å². The number of hydrogen-bond acceptors (Lipinski definition) is 3. The number of rotatable bonds is 2. The van der Waals surface area contributed by atoms with E-state index in [-0.39, 0.29) is 5.91 Å². The van der Waals surface area contributed by atoms with Crippen LogP contribution in [0.25, 0.3) is 0 Å². The minimum Gasteiger partial charge on any atom is -0.341 e. The van der Waals surface area contributed by atoms with Crippen LogP contribution in [0, 0.1) is 0 Å². The van der Waals surface area contributed by atoms with Crippen molar-refractivity contribution in [2.45, 2.75) is 31.2 Å². The molecule has 0 radical (unpaired) electrons. The van der Waals surface area contributed by atoms with Crippen molar-refractivity contribution in [3.63, 3.8) is 0 Å². The Morgan fingerprint density at radius 3 is 2.56 bits per heavy atom. The number of hydrogen-bond donors (Lipinski definition) is 1. The number of likely N-dealkylation sites (tertiary alicyclic amines) is 1. The van der Waals surface area contributed by atoms with E-state index < -0.39 is 5.54 Å². The summed E-state index contributed by atoms with van der Waals surface area (Å²) in [5, 5.41) is 3.03. The van der Waals surface area contributed by atoms with Gasteiger partial charge in [0.1, 0.15) is 6.29 Å². The van der Waals surface area contributed by atoms with Crippen molar-refractivity contribution in [3.05, 3.63) is 12.2 Å². The minimum absolute atomic E-state index is 0.0495. The number of amides is 1. The van der Waals surface area contributed by atoms with Gasteiger partial charge >= 0.3 is 0 Å². The van der Waals surface area contributed by atoms with Gasteiger partial charge in [0.2, 0.25) is 0 Å². The van der Waals surface area contributed by atoms with Crippen molar-refractivity contribution >= 4 is 12.2 Å². The predicted octanol–water partition coefficient (Wildman–Crippen LogP) is 0.486. The maximum absolute atomic E-state index is 12.3. The lowest BCUT2D eigenvalue weighted by Crippen LogP contribution is -2.60. The van der Waals surface area contributed by atoms with E-state index in [0.29, 0.717) is 13.0 Å². The minimum atomic E-state index is -0.994. The number of carbonyl (C=O) groups is 2. The molecule has 4 heteroatoms. The average Bonchev–Trinajstić information content (AvgIpc) is 2.39. The molecular formula is C12H18N2O2. The summed E-state index contributed by atoms with van der Waals surface area (Å²) in [6.07, 6.45) is 8.40. The van der Waals surface area contributed by atoms with E-state index in [1.807, 2.05) is 17.1 Å². The third kappa shape index (κ3) is 2.02.